The van der Waals surface area contributed by atoms with E-state index in [0.717, 1.165) is 37.2 Å². The predicted molar refractivity (Wildman–Crippen MR) is 79.1 cm³/mol. The summed E-state index contributed by atoms with van der Waals surface area (Å²) >= 11 is 0. The van der Waals surface area contributed by atoms with E-state index in [4.69, 9.17) is 0 Å². The zero-order chi connectivity index (χ0) is 14.4. The fourth-order valence-corrected chi connectivity index (χ4v) is 2.26. The third kappa shape index (κ3) is 4.06. The molecule has 0 atom stereocenters. The average molecular weight is 275 g/mol. The van der Waals surface area contributed by atoms with E-state index in [0.29, 0.717) is 13.1 Å². The van der Waals surface area contributed by atoms with Gasteiger partial charge in [-0.25, -0.2) is 0 Å². The summed E-state index contributed by atoms with van der Waals surface area (Å²) in [5, 5.41) is 9.11. The Balaban J connectivity index is 1.71. The summed E-state index contributed by atoms with van der Waals surface area (Å²) in [5.74, 6) is 0.0899. The Morgan fingerprint density at radius 1 is 1.30 bits per heavy atom. The zero-order valence-electron chi connectivity index (χ0n) is 11.8. The van der Waals surface area contributed by atoms with Crippen LogP contribution in [0.3, 0.4) is 0 Å². The maximum absolute atomic E-state index is 12.0. The molecule has 0 saturated heterocycles. The minimum atomic E-state index is -0.0205. The van der Waals surface area contributed by atoms with Crippen LogP contribution in [0.1, 0.15) is 29.3 Å². The van der Waals surface area contributed by atoms with Gasteiger partial charge in [0.25, 0.3) is 0 Å². The molecule has 1 aliphatic rings. The zero-order valence-corrected chi connectivity index (χ0v) is 11.8. The molecule has 108 valence electrons. The molecule has 1 aromatic carbocycles. The number of fused-ring (bicyclic) bond motifs is 1. The third-order valence-electron chi connectivity index (χ3n) is 3.33. The van der Waals surface area contributed by atoms with Crippen molar-refractivity contribution in [1.29, 1.82) is 0 Å². The SMILES string of the molecule is CC(=O)NCCCNCC(=O)c1ccc2c(c1)CCN2. The highest BCUT2D eigenvalue weighted by molar-refractivity contribution is 5.98. The van der Waals surface area contributed by atoms with Crippen molar-refractivity contribution in [2.24, 2.45) is 0 Å². The molecular formula is C15H21N3O2. The average Bonchev–Trinajstić information content (AvgIpc) is 2.89. The van der Waals surface area contributed by atoms with Crippen molar-refractivity contribution in [1.82, 2.24) is 10.6 Å². The minimum Gasteiger partial charge on any atom is -0.384 e. The van der Waals surface area contributed by atoms with Crippen LogP contribution >= 0.6 is 0 Å². The molecule has 0 bridgehead atoms. The number of ketones is 1. The van der Waals surface area contributed by atoms with Crippen LogP contribution in [0.15, 0.2) is 18.2 Å². The lowest BCUT2D eigenvalue weighted by Gasteiger charge is -2.06. The van der Waals surface area contributed by atoms with Crippen molar-refractivity contribution in [3.63, 3.8) is 0 Å². The van der Waals surface area contributed by atoms with Crippen molar-refractivity contribution < 1.29 is 9.59 Å². The summed E-state index contributed by atoms with van der Waals surface area (Å²) in [5.41, 5.74) is 3.13. The molecule has 5 nitrogen and oxygen atoms in total. The second-order valence-corrected chi connectivity index (χ2v) is 4.99. The smallest absolute Gasteiger partial charge is 0.216 e. The lowest BCUT2D eigenvalue weighted by atomic mass is 10.1. The molecule has 0 aliphatic carbocycles. The van der Waals surface area contributed by atoms with Crippen LogP contribution in [-0.2, 0) is 11.2 Å². The Kier molecular flexibility index (Phi) is 5.12. The number of hydrogen-bond acceptors (Lipinski definition) is 4. The van der Waals surface area contributed by atoms with E-state index in [9.17, 15) is 9.59 Å². The molecule has 0 spiro atoms. The summed E-state index contributed by atoms with van der Waals surface area (Å²) in [6.45, 7) is 4.15. The summed E-state index contributed by atoms with van der Waals surface area (Å²) < 4.78 is 0. The van der Waals surface area contributed by atoms with Gasteiger partial charge in [-0.3, -0.25) is 9.59 Å². The maximum Gasteiger partial charge on any atom is 0.216 e. The molecule has 1 aliphatic heterocycles. The first-order valence-electron chi connectivity index (χ1n) is 7.02. The van der Waals surface area contributed by atoms with Gasteiger partial charge in [-0.15, -0.1) is 0 Å². The Labute approximate surface area is 119 Å². The Morgan fingerprint density at radius 3 is 2.95 bits per heavy atom. The fourth-order valence-electron chi connectivity index (χ4n) is 2.26. The van der Waals surface area contributed by atoms with Crippen LogP contribution in [0.2, 0.25) is 0 Å². The first-order valence-corrected chi connectivity index (χ1v) is 7.02. The molecule has 1 amide bonds. The first kappa shape index (κ1) is 14.5. The molecule has 0 aromatic heterocycles. The van der Waals surface area contributed by atoms with Crippen LogP contribution in [0.25, 0.3) is 0 Å². The van der Waals surface area contributed by atoms with Gasteiger partial charge >= 0.3 is 0 Å². The van der Waals surface area contributed by atoms with E-state index >= 15 is 0 Å². The number of rotatable bonds is 7. The first-order chi connectivity index (χ1) is 9.66. The molecule has 2 rings (SSSR count). The number of nitrogens with one attached hydrogen (secondary N) is 3. The normalized spacial score (nSPS) is 12.7. The number of anilines is 1. The lowest BCUT2D eigenvalue weighted by Crippen LogP contribution is -2.28. The molecule has 20 heavy (non-hydrogen) atoms. The Morgan fingerprint density at radius 2 is 2.15 bits per heavy atom. The summed E-state index contributed by atoms with van der Waals surface area (Å²) in [6, 6.07) is 5.83. The van der Waals surface area contributed by atoms with Crippen LogP contribution in [0.5, 0.6) is 0 Å². The summed E-state index contributed by atoms with van der Waals surface area (Å²) in [4.78, 5) is 22.7. The Bertz CT molecular complexity index is 500. The molecular weight excluding hydrogens is 254 g/mol. The van der Waals surface area contributed by atoms with E-state index in [1.54, 1.807) is 0 Å². The van der Waals surface area contributed by atoms with E-state index in [2.05, 4.69) is 16.0 Å². The van der Waals surface area contributed by atoms with E-state index in [-0.39, 0.29) is 11.7 Å². The number of hydrogen-bond donors (Lipinski definition) is 3. The van der Waals surface area contributed by atoms with Crippen LogP contribution in [-0.4, -0.2) is 37.9 Å². The van der Waals surface area contributed by atoms with Gasteiger partial charge in [0.15, 0.2) is 5.78 Å². The molecule has 5 heteroatoms. The van der Waals surface area contributed by atoms with Crippen molar-refractivity contribution in [3.8, 4) is 0 Å². The molecule has 0 unspecified atom stereocenters. The lowest BCUT2D eigenvalue weighted by molar-refractivity contribution is -0.118. The van der Waals surface area contributed by atoms with E-state index in [1.165, 1.54) is 12.5 Å². The van der Waals surface area contributed by atoms with Gasteiger partial charge in [0.05, 0.1) is 6.54 Å². The Hall–Kier alpha value is -1.88. The fraction of sp³-hybridized carbons (Fsp3) is 0.467. The highest BCUT2D eigenvalue weighted by Gasteiger charge is 2.13. The van der Waals surface area contributed by atoms with Crippen LogP contribution < -0.4 is 16.0 Å². The summed E-state index contributed by atoms with van der Waals surface area (Å²) in [6.07, 6.45) is 1.81. The second kappa shape index (κ2) is 7.05. The van der Waals surface area contributed by atoms with Gasteiger partial charge in [-0.1, -0.05) is 0 Å². The van der Waals surface area contributed by atoms with Crippen LogP contribution in [0, 0.1) is 0 Å². The van der Waals surface area contributed by atoms with Gasteiger partial charge in [0.2, 0.25) is 5.91 Å². The second-order valence-electron chi connectivity index (χ2n) is 4.99. The molecule has 0 fully saturated rings. The van der Waals surface area contributed by atoms with Gasteiger partial charge in [-0.2, -0.15) is 0 Å². The molecule has 3 N–H and O–H groups in total. The van der Waals surface area contributed by atoms with Gasteiger partial charge in [0.1, 0.15) is 0 Å². The highest BCUT2D eigenvalue weighted by Crippen LogP contribution is 2.22. The highest BCUT2D eigenvalue weighted by atomic mass is 16.1. The van der Waals surface area contributed by atoms with E-state index in [1.807, 2.05) is 18.2 Å². The summed E-state index contributed by atoms with van der Waals surface area (Å²) in [7, 11) is 0. The van der Waals surface area contributed by atoms with Gasteiger partial charge in [-0.05, 0) is 43.1 Å². The molecule has 0 radical (unpaired) electrons. The number of carbonyl (C=O) groups is 2. The predicted octanol–water partition coefficient (Wildman–Crippen LogP) is 0.953. The molecule has 1 heterocycles. The number of carbonyl (C=O) groups excluding carboxylic acids is 2. The standard InChI is InChI=1S/C15H21N3O2/c1-11(19)17-7-2-6-16-10-15(20)13-3-4-14-12(9-13)5-8-18-14/h3-4,9,16,18H,2,5-8,10H2,1H3,(H,17,19). The van der Waals surface area contributed by atoms with Crippen molar-refractivity contribution in [2.75, 3.05) is 31.5 Å². The quantitative estimate of drug-likeness (QED) is 0.512. The minimum absolute atomic E-state index is 0.0205. The van der Waals surface area contributed by atoms with Crippen molar-refractivity contribution in [2.45, 2.75) is 19.8 Å². The van der Waals surface area contributed by atoms with Crippen molar-refractivity contribution in [3.05, 3.63) is 29.3 Å². The van der Waals surface area contributed by atoms with Gasteiger partial charge < -0.3 is 16.0 Å². The van der Waals surface area contributed by atoms with Crippen LogP contribution in [0.4, 0.5) is 5.69 Å². The largest absolute Gasteiger partial charge is 0.384 e. The van der Waals surface area contributed by atoms with Gasteiger partial charge in [0, 0.05) is 31.3 Å². The third-order valence-corrected chi connectivity index (χ3v) is 3.33. The number of benzene rings is 1. The number of amides is 1. The monoisotopic (exact) mass is 275 g/mol. The van der Waals surface area contributed by atoms with E-state index < -0.39 is 0 Å². The molecule has 1 aromatic rings. The number of Topliss-reactive ketones (excluding diaryl/α,β-unsaturated/α-hetero) is 1. The maximum atomic E-state index is 12.0. The topological polar surface area (TPSA) is 70.2 Å². The van der Waals surface area contributed by atoms with Crippen molar-refractivity contribution >= 4 is 17.4 Å². The molecule has 0 saturated carbocycles.